The van der Waals surface area contributed by atoms with Gasteiger partial charge in [0.05, 0.1) is 11.0 Å². The van der Waals surface area contributed by atoms with E-state index in [-0.39, 0.29) is 0 Å². The van der Waals surface area contributed by atoms with Crippen LogP contribution in [0.5, 0.6) is 0 Å². The Bertz CT molecular complexity index is 3180. The number of benzene rings is 8. The molecule has 0 atom stereocenters. The van der Waals surface area contributed by atoms with Gasteiger partial charge in [0.15, 0.2) is 11.6 Å². The number of hydrogen-bond acceptors (Lipinski definition) is 4. The number of nitrogens with zero attached hydrogens (tertiary/aromatic N) is 4. The lowest BCUT2D eigenvalue weighted by Gasteiger charge is -2.11. The van der Waals surface area contributed by atoms with Gasteiger partial charge in [-0.2, -0.15) is 9.97 Å². The molecule has 0 saturated heterocycles. The molecule has 8 aromatic carbocycles. The van der Waals surface area contributed by atoms with Crippen molar-refractivity contribution in [2.45, 2.75) is 0 Å². The van der Waals surface area contributed by atoms with Crippen LogP contribution in [0.2, 0.25) is 0 Å². The molecule has 0 N–H and O–H groups in total. The summed E-state index contributed by atoms with van der Waals surface area (Å²) in [4.78, 5) is 15.2. The van der Waals surface area contributed by atoms with Crippen molar-refractivity contribution in [3.8, 4) is 62.1 Å². The Morgan fingerprint density at radius 3 is 1.55 bits per heavy atom. The van der Waals surface area contributed by atoms with E-state index in [0.29, 0.717) is 17.6 Å². The van der Waals surface area contributed by atoms with Gasteiger partial charge in [-0.15, -0.1) is 11.3 Å². The van der Waals surface area contributed by atoms with Gasteiger partial charge in [-0.3, -0.25) is 4.57 Å². The van der Waals surface area contributed by atoms with E-state index in [4.69, 9.17) is 15.0 Å². The van der Waals surface area contributed by atoms with Crippen molar-refractivity contribution in [3.05, 3.63) is 194 Å². The molecule has 11 aromatic rings. The molecule has 0 spiro atoms. The number of rotatable bonds is 6. The average Bonchev–Trinajstić information content (AvgIpc) is 3.83. The molecule has 4 nitrogen and oxygen atoms in total. The highest BCUT2D eigenvalue weighted by atomic mass is 32.1. The van der Waals surface area contributed by atoms with Crippen LogP contribution in [-0.2, 0) is 0 Å². The predicted octanol–water partition coefficient (Wildman–Crippen LogP) is 13.7. The van der Waals surface area contributed by atoms with Crippen LogP contribution in [0.3, 0.4) is 0 Å². The van der Waals surface area contributed by atoms with Crippen LogP contribution in [0.4, 0.5) is 0 Å². The minimum absolute atomic E-state index is 0.592. The van der Waals surface area contributed by atoms with E-state index < -0.39 is 0 Å². The second-order valence-electron chi connectivity index (χ2n) is 14.0. The SMILES string of the molecule is c1ccc(-c2ccc3c(c2)sc2c(-c4cccc(-c5ccc(-c6nc(-c7ccccc7)nc(-n7c8ccccc8c8ccccc87)n6)cc5)c4)cccc23)cc1. The molecule has 3 aromatic heterocycles. The first-order valence-corrected chi connectivity index (χ1v) is 19.6. The maximum absolute atomic E-state index is 5.14. The molecule has 56 heavy (non-hydrogen) atoms. The van der Waals surface area contributed by atoms with Crippen LogP contribution in [-0.4, -0.2) is 19.5 Å². The third-order valence-corrected chi connectivity index (χ3v) is 11.9. The van der Waals surface area contributed by atoms with E-state index in [1.165, 1.54) is 53.2 Å². The Morgan fingerprint density at radius 2 is 0.839 bits per heavy atom. The van der Waals surface area contributed by atoms with Crippen LogP contribution >= 0.6 is 11.3 Å². The van der Waals surface area contributed by atoms with Gasteiger partial charge in [0.2, 0.25) is 5.95 Å². The van der Waals surface area contributed by atoms with E-state index in [0.717, 1.165) is 33.3 Å². The molecule has 0 aliphatic heterocycles. The highest BCUT2D eigenvalue weighted by Crippen LogP contribution is 2.42. The molecule has 5 heteroatoms. The van der Waals surface area contributed by atoms with Gasteiger partial charge in [0, 0.05) is 42.1 Å². The Balaban J connectivity index is 0.980. The zero-order valence-electron chi connectivity index (χ0n) is 30.2. The highest BCUT2D eigenvalue weighted by molar-refractivity contribution is 7.26. The number of thiophene rings is 1. The summed E-state index contributed by atoms with van der Waals surface area (Å²) in [6, 6.07) is 68.6. The molecule has 262 valence electrons. The topological polar surface area (TPSA) is 43.6 Å². The maximum atomic E-state index is 5.14. The molecular formula is C51H32N4S. The number of aromatic nitrogens is 4. The van der Waals surface area contributed by atoms with Gasteiger partial charge in [0.25, 0.3) is 0 Å². The van der Waals surface area contributed by atoms with Gasteiger partial charge in [0.1, 0.15) is 0 Å². The largest absolute Gasteiger partial charge is 0.278 e. The minimum atomic E-state index is 0.592. The zero-order valence-corrected chi connectivity index (χ0v) is 31.0. The molecule has 0 radical (unpaired) electrons. The second-order valence-corrected chi connectivity index (χ2v) is 15.1. The van der Waals surface area contributed by atoms with E-state index in [1.54, 1.807) is 0 Å². The molecular weight excluding hydrogens is 701 g/mol. The van der Waals surface area contributed by atoms with Crippen molar-refractivity contribution >= 4 is 53.3 Å². The van der Waals surface area contributed by atoms with Gasteiger partial charge in [-0.05, 0) is 57.6 Å². The third-order valence-electron chi connectivity index (χ3n) is 10.7. The summed E-state index contributed by atoms with van der Waals surface area (Å²) in [5.41, 5.74) is 11.2. The Hall–Kier alpha value is -7.21. The Labute approximate surface area is 327 Å². The molecule has 0 aliphatic rings. The Morgan fingerprint density at radius 1 is 0.339 bits per heavy atom. The van der Waals surface area contributed by atoms with Gasteiger partial charge in [-0.25, -0.2) is 4.98 Å². The lowest BCUT2D eigenvalue weighted by Crippen LogP contribution is -2.06. The van der Waals surface area contributed by atoms with E-state index in [2.05, 4.69) is 168 Å². The van der Waals surface area contributed by atoms with Crippen LogP contribution in [0.1, 0.15) is 0 Å². The molecule has 0 aliphatic carbocycles. The predicted molar refractivity (Wildman–Crippen MR) is 234 cm³/mol. The highest BCUT2D eigenvalue weighted by Gasteiger charge is 2.18. The zero-order chi connectivity index (χ0) is 37.0. The van der Waals surface area contributed by atoms with Crippen LogP contribution in [0.25, 0.3) is 104 Å². The molecule has 0 unspecified atom stereocenters. The summed E-state index contributed by atoms with van der Waals surface area (Å²) in [6.45, 7) is 0. The van der Waals surface area contributed by atoms with Crippen LogP contribution in [0.15, 0.2) is 194 Å². The van der Waals surface area contributed by atoms with Crippen LogP contribution < -0.4 is 0 Å². The van der Waals surface area contributed by atoms with Crippen molar-refractivity contribution in [3.63, 3.8) is 0 Å². The summed E-state index contributed by atoms with van der Waals surface area (Å²) in [5, 5.41) is 4.93. The third kappa shape index (κ3) is 5.48. The maximum Gasteiger partial charge on any atom is 0.238 e. The first-order valence-electron chi connectivity index (χ1n) is 18.8. The number of fused-ring (bicyclic) bond motifs is 6. The van der Waals surface area contributed by atoms with Crippen molar-refractivity contribution in [2.75, 3.05) is 0 Å². The summed E-state index contributed by atoms with van der Waals surface area (Å²) < 4.78 is 4.76. The molecule has 0 saturated carbocycles. The molecule has 0 fully saturated rings. The quantitative estimate of drug-likeness (QED) is 0.171. The van der Waals surface area contributed by atoms with Crippen molar-refractivity contribution in [1.82, 2.24) is 19.5 Å². The van der Waals surface area contributed by atoms with Crippen LogP contribution in [0, 0.1) is 0 Å². The van der Waals surface area contributed by atoms with Crippen molar-refractivity contribution < 1.29 is 0 Å². The Kier molecular flexibility index (Phi) is 7.64. The molecule has 0 amide bonds. The summed E-state index contributed by atoms with van der Waals surface area (Å²) >= 11 is 1.87. The first kappa shape index (κ1) is 32.2. The van der Waals surface area contributed by atoms with Gasteiger partial charge < -0.3 is 0 Å². The van der Waals surface area contributed by atoms with Gasteiger partial charge >= 0.3 is 0 Å². The van der Waals surface area contributed by atoms with Crippen molar-refractivity contribution in [2.24, 2.45) is 0 Å². The minimum Gasteiger partial charge on any atom is -0.278 e. The number of para-hydroxylation sites is 2. The van der Waals surface area contributed by atoms with Crippen molar-refractivity contribution in [1.29, 1.82) is 0 Å². The number of hydrogen-bond donors (Lipinski definition) is 0. The lowest BCUT2D eigenvalue weighted by molar-refractivity contribution is 0.953. The fraction of sp³-hybridized carbons (Fsp3) is 0. The summed E-state index contributed by atoms with van der Waals surface area (Å²) in [7, 11) is 0. The van der Waals surface area contributed by atoms with E-state index in [9.17, 15) is 0 Å². The molecule has 11 rings (SSSR count). The smallest absolute Gasteiger partial charge is 0.238 e. The summed E-state index contributed by atoms with van der Waals surface area (Å²) in [6.07, 6.45) is 0. The summed E-state index contributed by atoms with van der Waals surface area (Å²) in [5.74, 6) is 1.86. The fourth-order valence-electron chi connectivity index (χ4n) is 7.96. The van der Waals surface area contributed by atoms with E-state index >= 15 is 0 Å². The molecule has 3 heterocycles. The fourth-order valence-corrected chi connectivity index (χ4v) is 9.24. The molecule has 0 bridgehead atoms. The van der Waals surface area contributed by atoms with E-state index in [1.807, 2.05) is 41.7 Å². The standard InChI is InChI=1S/C51H32N4S/c1-3-13-33(14-4-1)38-29-30-43-44-22-12-21-40(48(44)56-47(43)32-38)39-18-11-17-37(31-39)34-25-27-36(28-26-34)50-52-49(35-15-5-2-6-16-35)53-51(54-50)55-45-23-9-7-19-41(45)42-20-8-10-24-46(42)55/h1-32H. The monoisotopic (exact) mass is 732 g/mol. The normalized spacial score (nSPS) is 11.6. The average molecular weight is 733 g/mol. The first-order chi connectivity index (χ1) is 27.7. The lowest BCUT2D eigenvalue weighted by atomic mass is 9.97. The van der Waals surface area contributed by atoms with Gasteiger partial charge in [-0.1, -0.05) is 170 Å². The second kappa shape index (κ2) is 13.3.